The molecule has 26 heavy (non-hydrogen) atoms. The molecule has 0 fully saturated rings. The number of hydrogen-bond donors (Lipinski definition) is 3. The number of rotatable bonds is 6. The molecular formula is C20H25BrN3O2+. The van der Waals surface area contributed by atoms with Gasteiger partial charge in [0.1, 0.15) is 0 Å². The van der Waals surface area contributed by atoms with E-state index in [1.54, 1.807) is 0 Å². The molecule has 6 heteroatoms. The summed E-state index contributed by atoms with van der Waals surface area (Å²) in [7, 11) is 1.83. The number of amides is 2. The topological polar surface area (TPSA) is 62.6 Å². The average Bonchev–Trinajstić information content (AvgIpc) is 2.54. The van der Waals surface area contributed by atoms with Crippen LogP contribution in [0.15, 0.2) is 40.9 Å². The Labute approximate surface area is 162 Å². The number of halogens is 1. The van der Waals surface area contributed by atoms with Crippen molar-refractivity contribution in [2.75, 3.05) is 30.8 Å². The Bertz CT molecular complexity index is 821. The van der Waals surface area contributed by atoms with Gasteiger partial charge in [0, 0.05) is 10.2 Å². The minimum Gasteiger partial charge on any atom is -0.322 e. The molecule has 0 spiro atoms. The number of carbonyl (C=O) groups is 2. The van der Waals surface area contributed by atoms with Crippen molar-refractivity contribution < 1.29 is 14.5 Å². The van der Waals surface area contributed by atoms with Gasteiger partial charge >= 0.3 is 0 Å². The number of hydrogen-bond acceptors (Lipinski definition) is 2. The molecule has 0 radical (unpaired) electrons. The summed E-state index contributed by atoms with van der Waals surface area (Å²) in [6.45, 7) is 6.41. The largest absolute Gasteiger partial charge is 0.322 e. The lowest BCUT2D eigenvalue weighted by atomic mass is 10.1. The first-order chi connectivity index (χ1) is 12.3. The summed E-state index contributed by atoms with van der Waals surface area (Å²) in [6, 6.07) is 11.6. The van der Waals surface area contributed by atoms with Crippen molar-refractivity contribution in [1.82, 2.24) is 0 Å². The molecule has 2 aromatic rings. The number of quaternary nitrogens is 1. The summed E-state index contributed by atoms with van der Waals surface area (Å²) in [4.78, 5) is 25.3. The summed E-state index contributed by atoms with van der Waals surface area (Å²) in [6.07, 6.45) is 0. The Hall–Kier alpha value is -2.18. The van der Waals surface area contributed by atoms with Gasteiger partial charge in [-0.15, -0.1) is 0 Å². The molecule has 0 aromatic heterocycles. The van der Waals surface area contributed by atoms with Gasteiger partial charge in [-0.2, -0.15) is 0 Å². The second-order valence-corrected chi connectivity index (χ2v) is 7.49. The first-order valence-electron chi connectivity index (χ1n) is 8.49. The highest BCUT2D eigenvalue weighted by molar-refractivity contribution is 9.10. The van der Waals surface area contributed by atoms with Crippen LogP contribution < -0.4 is 15.5 Å². The number of nitrogens with one attached hydrogen (secondary N) is 3. The van der Waals surface area contributed by atoms with Gasteiger partial charge in [0.25, 0.3) is 11.8 Å². The second-order valence-electron chi connectivity index (χ2n) is 6.64. The van der Waals surface area contributed by atoms with Gasteiger partial charge in [0.05, 0.1) is 12.7 Å². The molecule has 0 aliphatic carbocycles. The van der Waals surface area contributed by atoms with Crippen LogP contribution in [0.1, 0.15) is 16.7 Å². The van der Waals surface area contributed by atoms with Crippen LogP contribution in [0, 0.1) is 20.8 Å². The fourth-order valence-electron chi connectivity index (χ4n) is 2.61. The van der Waals surface area contributed by atoms with Crippen LogP contribution in [-0.4, -0.2) is 32.0 Å². The molecule has 0 saturated heterocycles. The molecule has 0 aliphatic heterocycles. The molecular weight excluding hydrogens is 394 g/mol. The fourth-order valence-corrected chi connectivity index (χ4v) is 3.20. The molecule has 0 heterocycles. The molecule has 5 nitrogen and oxygen atoms in total. The van der Waals surface area contributed by atoms with Gasteiger partial charge in [-0.05, 0) is 71.6 Å². The van der Waals surface area contributed by atoms with Crippen molar-refractivity contribution in [3.63, 3.8) is 0 Å². The van der Waals surface area contributed by atoms with Gasteiger partial charge in [-0.25, -0.2) is 0 Å². The molecule has 1 unspecified atom stereocenters. The monoisotopic (exact) mass is 418 g/mol. The summed E-state index contributed by atoms with van der Waals surface area (Å²) in [5, 5.41) is 5.79. The van der Waals surface area contributed by atoms with Crippen LogP contribution in [0.3, 0.4) is 0 Å². The van der Waals surface area contributed by atoms with Crippen LogP contribution in [0.25, 0.3) is 0 Å². The van der Waals surface area contributed by atoms with Crippen LogP contribution in [0.5, 0.6) is 0 Å². The summed E-state index contributed by atoms with van der Waals surface area (Å²) in [5.41, 5.74) is 4.84. The van der Waals surface area contributed by atoms with E-state index >= 15 is 0 Å². The number of likely N-dealkylation sites (N-methyl/N-ethyl adjacent to an activating group) is 1. The molecule has 3 N–H and O–H groups in total. The molecule has 2 aromatic carbocycles. The SMILES string of the molecule is Cc1ccc(NC(=O)C[NH+](C)CC(=O)Nc2cccc(C)c2C)c(Br)c1. The fraction of sp³-hybridized carbons (Fsp3) is 0.300. The maximum absolute atomic E-state index is 12.2. The molecule has 0 aliphatic rings. The smallest absolute Gasteiger partial charge is 0.279 e. The normalized spacial score (nSPS) is 11.7. The van der Waals surface area contributed by atoms with Gasteiger partial charge in [-0.3, -0.25) is 9.59 Å². The number of aryl methyl sites for hydroxylation is 2. The molecule has 138 valence electrons. The number of carbonyl (C=O) groups excluding carboxylic acids is 2. The Kier molecular flexibility index (Phi) is 6.94. The standard InChI is InChI=1S/C20H24BrN3O2/c1-13-8-9-18(16(21)10-13)23-20(26)12-24(4)11-19(25)22-17-7-5-6-14(2)15(17)3/h5-10H,11-12H2,1-4H3,(H,22,25)(H,23,26)/p+1. The van der Waals surface area contributed by atoms with E-state index in [1.165, 1.54) is 0 Å². The van der Waals surface area contributed by atoms with Crippen molar-refractivity contribution in [3.05, 3.63) is 57.6 Å². The summed E-state index contributed by atoms with van der Waals surface area (Å²) >= 11 is 3.45. The van der Waals surface area contributed by atoms with E-state index < -0.39 is 0 Å². The van der Waals surface area contributed by atoms with Crippen molar-refractivity contribution in [2.24, 2.45) is 0 Å². The third kappa shape index (κ3) is 5.68. The Morgan fingerprint density at radius 1 is 0.962 bits per heavy atom. The predicted octanol–water partition coefficient (Wildman–Crippen LogP) is 2.47. The lowest BCUT2D eigenvalue weighted by molar-refractivity contribution is -0.862. The minimum atomic E-state index is -0.133. The third-order valence-electron chi connectivity index (χ3n) is 4.20. The lowest BCUT2D eigenvalue weighted by Crippen LogP contribution is -3.11. The van der Waals surface area contributed by atoms with E-state index in [0.29, 0.717) is 0 Å². The highest BCUT2D eigenvalue weighted by atomic mass is 79.9. The third-order valence-corrected chi connectivity index (χ3v) is 4.86. The maximum Gasteiger partial charge on any atom is 0.279 e. The van der Waals surface area contributed by atoms with Gasteiger partial charge in [-0.1, -0.05) is 18.2 Å². The van der Waals surface area contributed by atoms with Crippen LogP contribution in [-0.2, 0) is 9.59 Å². The van der Waals surface area contributed by atoms with E-state index in [2.05, 4.69) is 26.6 Å². The van der Waals surface area contributed by atoms with E-state index in [4.69, 9.17) is 0 Å². The quantitative estimate of drug-likeness (QED) is 0.674. The van der Waals surface area contributed by atoms with E-state index in [0.717, 1.165) is 37.4 Å². The first-order valence-corrected chi connectivity index (χ1v) is 9.29. The van der Waals surface area contributed by atoms with Crippen LogP contribution in [0.2, 0.25) is 0 Å². The van der Waals surface area contributed by atoms with Gasteiger partial charge in [0.2, 0.25) is 0 Å². The van der Waals surface area contributed by atoms with Crippen molar-refractivity contribution in [2.45, 2.75) is 20.8 Å². The van der Waals surface area contributed by atoms with E-state index in [9.17, 15) is 9.59 Å². The number of benzene rings is 2. The van der Waals surface area contributed by atoms with Crippen molar-refractivity contribution in [3.8, 4) is 0 Å². The van der Waals surface area contributed by atoms with Crippen molar-refractivity contribution in [1.29, 1.82) is 0 Å². The molecule has 0 saturated carbocycles. The molecule has 2 amide bonds. The van der Waals surface area contributed by atoms with Gasteiger partial charge < -0.3 is 15.5 Å². The highest BCUT2D eigenvalue weighted by Gasteiger charge is 2.16. The second kappa shape index (κ2) is 8.96. The minimum absolute atomic E-state index is 0.111. The van der Waals surface area contributed by atoms with Crippen molar-refractivity contribution >= 4 is 39.1 Å². The molecule has 2 rings (SSSR count). The zero-order chi connectivity index (χ0) is 19.3. The zero-order valence-electron chi connectivity index (χ0n) is 15.6. The highest BCUT2D eigenvalue weighted by Crippen LogP contribution is 2.23. The van der Waals surface area contributed by atoms with Crippen LogP contribution in [0.4, 0.5) is 11.4 Å². The first kappa shape index (κ1) is 20.1. The van der Waals surface area contributed by atoms with E-state index in [-0.39, 0.29) is 24.9 Å². The van der Waals surface area contributed by atoms with E-state index in [1.807, 2.05) is 64.2 Å². The lowest BCUT2D eigenvalue weighted by Gasteiger charge is -2.15. The Balaban J connectivity index is 1.87. The Morgan fingerprint density at radius 3 is 2.19 bits per heavy atom. The van der Waals surface area contributed by atoms with Crippen LogP contribution >= 0.6 is 15.9 Å². The average molecular weight is 419 g/mol. The molecule has 0 bridgehead atoms. The zero-order valence-corrected chi connectivity index (χ0v) is 17.2. The Morgan fingerprint density at radius 2 is 1.58 bits per heavy atom. The maximum atomic E-state index is 12.2. The summed E-state index contributed by atoms with van der Waals surface area (Å²) < 4.78 is 0.844. The number of anilines is 2. The predicted molar refractivity (Wildman–Crippen MR) is 109 cm³/mol. The molecule has 1 atom stereocenters. The van der Waals surface area contributed by atoms with Gasteiger partial charge in [0.15, 0.2) is 13.1 Å². The summed E-state index contributed by atoms with van der Waals surface area (Å²) in [5.74, 6) is -0.243.